The molecule has 0 aliphatic rings. The number of hydrogen-bond donors (Lipinski definition) is 1. The van der Waals surface area contributed by atoms with Crippen LogP contribution in [0, 0.1) is 10.5 Å². The van der Waals surface area contributed by atoms with Crippen LogP contribution in [0.15, 0.2) is 52.1 Å². The topological polar surface area (TPSA) is 81.7 Å². The molecule has 0 fully saturated rings. The Labute approximate surface area is 164 Å². The van der Waals surface area contributed by atoms with E-state index < -0.39 is 5.91 Å². The molecule has 1 amide bonds. The van der Waals surface area contributed by atoms with Gasteiger partial charge in [0.25, 0.3) is 0 Å². The number of halogens is 1. The summed E-state index contributed by atoms with van der Waals surface area (Å²) in [6.07, 6.45) is 3.36. The number of ether oxygens (including phenoxy) is 1. The smallest absolute Gasteiger partial charge is 0.307 e. The Bertz CT molecular complexity index is 928. The SMILES string of the molecule is Cc1nn(C)cc1/C=N/NC(=O)c1ccc(COc2ccc(I)cc2)o1. The average molecular weight is 464 g/mol. The minimum absolute atomic E-state index is 0.172. The molecule has 26 heavy (non-hydrogen) atoms. The lowest BCUT2D eigenvalue weighted by Crippen LogP contribution is -2.16. The fourth-order valence-electron chi connectivity index (χ4n) is 2.22. The Kier molecular flexibility index (Phi) is 5.71. The van der Waals surface area contributed by atoms with Gasteiger partial charge in [-0.05, 0) is 65.9 Å². The van der Waals surface area contributed by atoms with Crippen molar-refractivity contribution in [1.29, 1.82) is 0 Å². The molecule has 0 bridgehead atoms. The summed E-state index contributed by atoms with van der Waals surface area (Å²) in [5.41, 5.74) is 4.10. The van der Waals surface area contributed by atoms with Gasteiger partial charge in [-0.2, -0.15) is 10.2 Å². The molecule has 0 atom stereocenters. The molecule has 2 heterocycles. The highest BCUT2D eigenvalue weighted by molar-refractivity contribution is 14.1. The lowest BCUT2D eigenvalue weighted by atomic mass is 10.3. The number of carbonyl (C=O) groups is 1. The maximum Gasteiger partial charge on any atom is 0.307 e. The number of rotatable bonds is 6. The zero-order chi connectivity index (χ0) is 18.5. The number of benzene rings is 1. The van der Waals surface area contributed by atoms with Gasteiger partial charge in [-0.1, -0.05) is 0 Å². The van der Waals surface area contributed by atoms with Crippen LogP contribution in [-0.4, -0.2) is 21.9 Å². The summed E-state index contributed by atoms with van der Waals surface area (Å²) in [4.78, 5) is 12.1. The molecule has 0 radical (unpaired) electrons. The van der Waals surface area contributed by atoms with Gasteiger partial charge in [0.15, 0.2) is 5.76 Å². The van der Waals surface area contributed by atoms with Crippen LogP contribution in [0.3, 0.4) is 0 Å². The third kappa shape index (κ3) is 4.72. The minimum atomic E-state index is -0.427. The van der Waals surface area contributed by atoms with E-state index in [9.17, 15) is 4.79 Å². The van der Waals surface area contributed by atoms with E-state index in [1.165, 1.54) is 0 Å². The van der Waals surface area contributed by atoms with Crippen LogP contribution >= 0.6 is 22.6 Å². The zero-order valence-corrected chi connectivity index (χ0v) is 16.4. The first-order valence-electron chi connectivity index (χ1n) is 7.82. The molecular weight excluding hydrogens is 447 g/mol. The molecule has 0 saturated heterocycles. The van der Waals surface area contributed by atoms with Gasteiger partial charge in [0.2, 0.25) is 0 Å². The second-order valence-electron chi connectivity index (χ2n) is 5.55. The minimum Gasteiger partial charge on any atom is -0.486 e. The number of hydrazone groups is 1. The van der Waals surface area contributed by atoms with Crippen LogP contribution in [-0.2, 0) is 13.7 Å². The van der Waals surface area contributed by atoms with E-state index in [-0.39, 0.29) is 12.4 Å². The second-order valence-corrected chi connectivity index (χ2v) is 6.80. The van der Waals surface area contributed by atoms with Crippen LogP contribution in [0.2, 0.25) is 0 Å². The Morgan fingerprint density at radius 2 is 2.12 bits per heavy atom. The van der Waals surface area contributed by atoms with Crippen molar-refractivity contribution in [2.75, 3.05) is 0 Å². The van der Waals surface area contributed by atoms with E-state index in [0.717, 1.165) is 20.6 Å². The van der Waals surface area contributed by atoms with E-state index in [4.69, 9.17) is 9.15 Å². The van der Waals surface area contributed by atoms with E-state index in [1.54, 1.807) is 23.0 Å². The molecule has 2 aromatic heterocycles. The van der Waals surface area contributed by atoms with Crippen molar-refractivity contribution in [2.24, 2.45) is 12.1 Å². The van der Waals surface area contributed by atoms with Gasteiger partial charge in [-0.3, -0.25) is 9.48 Å². The number of nitrogens with one attached hydrogen (secondary N) is 1. The zero-order valence-electron chi connectivity index (χ0n) is 14.3. The van der Waals surface area contributed by atoms with Crippen molar-refractivity contribution in [3.8, 4) is 5.75 Å². The number of carbonyl (C=O) groups excluding carboxylic acids is 1. The van der Waals surface area contributed by atoms with Crippen molar-refractivity contribution in [2.45, 2.75) is 13.5 Å². The molecule has 1 aromatic carbocycles. The maximum atomic E-state index is 12.1. The number of nitrogens with zero attached hydrogens (tertiary/aromatic N) is 3. The largest absolute Gasteiger partial charge is 0.486 e. The van der Waals surface area contributed by atoms with Gasteiger partial charge in [-0.15, -0.1) is 0 Å². The van der Waals surface area contributed by atoms with Gasteiger partial charge in [0, 0.05) is 22.4 Å². The lowest BCUT2D eigenvalue weighted by molar-refractivity contribution is 0.0923. The number of amides is 1. The number of aryl methyl sites for hydroxylation is 2. The normalized spacial score (nSPS) is 11.0. The third-order valence-electron chi connectivity index (χ3n) is 3.50. The van der Waals surface area contributed by atoms with Crippen molar-refractivity contribution in [1.82, 2.24) is 15.2 Å². The summed E-state index contributed by atoms with van der Waals surface area (Å²) >= 11 is 2.23. The highest BCUT2D eigenvalue weighted by Gasteiger charge is 2.11. The van der Waals surface area contributed by atoms with Gasteiger partial charge < -0.3 is 9.15 Å². The Morgan fingerprint density at radius 3 is 2.81 bits per heavy atom. The Balaban J connectivity index is 1.54. The van der Waals surface area contributed by atoms with Crippen LogP contribution in [0.5, 0.6) is 5.75 Å². The summed E-state index contributed by atoms with van der Waals surface area (Å²) in [6, 6.07) is 11.0. The maximum absolute atomic E-state index is 12.1. The van der Waals surface area contributed by atoms with Crippen molar-refractivity contribution in [3.05, 3.63) is 68.9 Å². The first-order chi connectivity index (χ1) is 12.5. The molecule has 0 unspecified atom stereocenters. The standard InChI is InChI=1S/C18H17IN4O3/c1-12-13(10-23(2)22-12)9-20-21-18(24)17-8-7-16(26-17)11-25-15-5-3-14(19)4-6-15/h3-10H,11H2,1-2H3,(H,21,24)/b20-9+. The quantitative estimate of drug-likeness (QED) is 0.345. The van der Waals surface area contributed by atoms with Gasteiger partial charge in [0.05, 0.1) is 11.9 Å². The summed E-state index contributed by atoms with van der Waals surface area (Å²) in [5.74, 6) is 1.04. The molecule has 1 N–H and O–H groups in total. The first kappa shape index (κ1) is 18.2. The molecule has 7 nitrogen and oxygen atoms in total. The molecule has 3 aromatic rings. The molecule has 8 heteroatoms. The van der Waals surface area contributed by atoms with Crippen molar-refractivity contribution < 1.29 is 13.9 Å². The van der Waals surface area contributed by atoms with Gasteiger partial charge in [0.1, 0.15) is 18.1 Å². The van der Waals surface area contributed by atoms with E-state index in [1.807, 2.05) is 44.4 Å². The van der Waals surface area contributed by atoms with E-state index in [0.29, 0.717) is 5.76 Å². The molecule has 0 saturated carbocycles. The summed E-state index contributed by atoms with van der Waals surface area (Å²) < 4.78 is 13.9. The second kappa shape index (κ2) is 8.17. The molecule has 3 rings (SSSR count). The molecule has 134 valence electrons. The number of hydrogen-bond acceptors (Lipinski definition) is 5. The fraction of sp³-hybridized carbons (Fsp3) is 0.167. The van der Waals surface area contributed by atoms with Crippen molar-refractivity contribution in [3.63, 3.8) is 0 Å². The number of furan rings is 1. The predicted molar refractivity (Wildman–Crippen MR) is 105 cm³/mol. The molecule has 0 spiro atoms. The van der Waals surface area contributed by atoms with Crippen LogP contribution < -0.4 is 10.2 Å². The Hall–Kier alpha value is -2.62. The first-order valence-corrected chi connectivity index (χ1v) is 8.90. The monoisotopic (exact) mass is 464 g/mol. The highest BCUT2D eigenvalue weighted by atomic mass is 127. The summed E-state index contributed by atoms with van der Waals surface area (Å²) in [5, 5.41) is 8.13. The molecule has 0 aliphatic carbocycles. The van der Waals surface area contributed by atoms with Crippen LogP contribution in [0.25, 0.3) is 0 Å². The fourth-order valence-corrected chi connectivity index (χ4v) is 2.58. The van der Waals surface area contributed by atoms with E-state index in [2.05, 4.69) is 38.2 Å². The number of aromatic nitrogens is 2. The molecule has 0 aliphatic heterocycles. The predicted octanol–water partition coefficient (Wildman–Crippen LogP) is 3.27. The van der Waals surface area contributed by atoms with E-state index >= 15 is 0 Å². The van der Waals surface area contributed by atoms with Crippen molar-refractivity contribution >= 4 is 34.7 Å². The Morgan fingerprint density at radius 1 is 1.35 bits per heavy atom. The van der Waals surface area contributed by atoms with Gasteiger partial charge >= 0.3 is 5.91 Å². The van der Waals surface area contributed by atoms with Gasteiger partial charge in [-0.25, -0.2) is 5.43 Å². The lowest BCUT2D eigenvalue weighted by Gasteiger charge is -2.03. The average Bonchev–Trinajstić information content (AvgIpc) is 3.21. The molecular formula is C18H17IN4O3. The van der Waals surface area contributed by atoms with Crippen LogP contribution in [0.4, 0.5) is 0 Å². The third-order valence-corrected chi connectivity index (χ3v) is 4.22. The van der Waals surface area contributed by atoms with Crippen LogP contribution in [0.1, 0.15) is 27.6 Å². The summed E-state index contributed by atoms with van der Waals surface area (Å²) in [7, 11) is 1.83. The summed E-state index contributed by atoms with van der Waals surface area (Å²) in [6.45, 7) is 2.11. The highest BCUT2D eigenvalue weighted by Crippen LogP contribution is 2.16.